The number of benzene rings is 6. The SMILES string of the molecule is O=C1c2c(O)c(=O)ccn2N2CN1C/C=C\COc1cc(F)ccc1[C@@H]2c1ccccn1.O=C1c2c(O)c(=O)ccn2N2CN1C/C=C\COc1cc(F)ccc1[C@H]2c1ccccn1.O=C1c2c(OCc3ccccc3)c(=O)ccn2N2CN1C/C=C\COc1cc(F)ccc1[C@@H]2c1ccccn1.O=C1c2c(OCc3ccccc3)c(=O)ccn2N2CN1C/C=C\COc1cc(F)ccc1[C@H]2c1ccccn1. The quantitative estimate of drug-likeness (QED) is 0.0948. The maximum Gasteiger partial charge on any atom is 0.278 e. The van der Waals surface area contributed by atoms with E-state index in [1.807, 2.05) is 143 Å². The van der Waals surface area contributed by atoms with Gasteiger partial charge in [0.2, 0.25) is 21.7 Å². The van der Waals surface area contributed by atoms with E-state index in [4.69, 9.17) is 28.4 Å². The van der Waals surface area contributed by atoms with Crippen LogP contribution in [0.3, 0.4) is 0 Å². The van der Waals surface area contributed by atoms with Crippen molar-refractivity contribution >= 4 is 23.6 Å². The highest BCUT2D eigenvalue weighted by Gasteiger charge is 2.44. The molecular weight excluding hydrogens is 1830 g/mol. The number of hydrogen-bond acceptors (Lipinski definition) is 24. The highest BCUT2D eigenvalue weighted by Crippen LogP contribution is 2.43. The molecule has 6 aromatic carbocycles. The zero-order valence-corrected chi connectivity index (χ0v) is 75.7. The van der Waals surface area contributed by atoms with Crippen LogP contribution >= 0.6 is 0 Å². The third-order valence-corrected chi connectivity index (χ3v) is 24.4. The number of ether oxygens (including phenoxy) is 6. The molecule has 4 atom stereocenters. The molecule has 14 aromatic rings. The molecule has 16 heterocycles. The summed E-state index contributed by atoms with van der Waals surface area (Å²) in [5, 5.41) is 28.4. The Morgan fingerprint density at radius 2 is 0.549 bits per heavy atom. The van der Waals surface area contributed by atoms with Gasteiger partial charge in [-0.1, -0.05) is 109 Å². The number of halogens is 4. The molecule has 8 aliphatic rings. The summed E-state index contributed by atoms with van der Waals surface area (Å²) < 4.78 is 98.9. The van der Waals surface area contributed by atoms with E-state index in [0.717, 1.165) is 11.1 Å². The van der Waals surface area contributed by atoms with Gasteiger partial charge in [0.15, 0.2) is 45.8 Å². The van der Waals surface area contributed by atoms with E-state index >= 15 is 0 Å². The smallest absolute Gasteiger partial charge is 0.278 e. The molecule has 32 nitrogen and oxygen atoms in total. The first-order valence-corrected chi connectivity index (χ1v) is 45.2. The number of pyridine rings is 8. The van der Waals surface area contributed by atoms with Crippen molar-refractivity contribution in [2.75, 3.05) is 99.3 Å². The molecule has 0 saturated heterocycles. The van der Waals surface area contributed by atoms with Gasteiger partial charge in [-0.3, -0.25) is 97.0 Å². The summed E-state index contributed by atoms with van der Waals surface area (Å²) in [7, 11) is 0. The van der Waals surface area contributed by atoms with Gasteiger partial charge in [-0.25, -0.2) is 17.6 Å². The number of fused-ring (bicyclic) bond motifs is 20. The number of amides is 4. The molecule has 142 heavy (non-hydrogen) atoms. The Labute approximate surface area is 807 Å². The van der Waals surface area contributed by atoms with Gasteiger partial charge in [0.1, 0.15) is 137 Å². The zero-order chi connectivity index (χ0) is 98.0. The van der Waals surface area contributed by atoms with Crippen LogP contribution in [-0.2, 0) is 13.2 Å². The van der Waals surface area contributed by atoms with Gasteiger partial charge >= 0.3 is 0 Å². The van der Waals surface area contributed by atoms with Crippen molar-refractivity contribution in [2.24, 2.45) is 0 Å². The molecule has 8 aromatic heterocycles. The summed E-state index contributed by atoms with van der Waals surface area (Å²) in [6, 6.07) is 60.9. The van der Waals surface area contributed by atoms with Crippen LogP contribution in [0.4, 0.5) is 17.6 Å². The second kappa shape index (κ2) is 41.4. The molecule has 8 aliphatic heterocycles. The van der Waals surface area contributed by atoms with Crippen LogP contribution in [-0.4, -0.2) is 171 Å². The van der Waals surface area contributed by atoms with Gasteiger partial charge in [-0.05, 0) is 132 Å². The largest absolute Gasteiger partial charge is 0.502 e. The average Bonchev–Trinajstić information content (AvgIpc) is 0.893. The van der Waals surface area contributed by atoms with E-state index in [1.165, 1.54) is 104 Å². The summed E-state index contributed by atoms with van der Waals surface area (Å²) >= 11 is 0. The monoisotopic (exact) mass is 1920 g/mol. The highest BCUT2D eigenvalue weighted by atomic mass is 19.1. The van der Waals surface area contributed by atoms with Crippen molar-refractivity contribution in [1.82, 2.24) is 58.2 Å². The average molecular weight is 1920 g/mol. The Morgan fingerprint density at radius 1 is 0.296 bits per heavy atom. The zero-order valence-electron chi connectivity index (χ0n) is 75.7. The molecule has 0 saturated carbocycles. The van der Waals surface area contributed by atoms with E-state index in [-0.39, 0.29) is 139 Å². The third-order valence-electron chi connectivity index (χ3n) is 24.4. The molecule has 2 N–H and O–H groups in total. The van der Waals surface area contributed by atoms with Crippen molar-refractivity contribution in [1.29, 1.82) is 0 Å². The van der Waals surface area contributed by atoms with Gasteiger partial charge in [-0.15, -0.1) is 0 Å². The Kier molecular flexibility index (Phi) is 27.1. The molecule has 0 radical (unpaired) electrons. The van der Waals surface area contributed by atoms with Crippen LogP contribution in [0.15, 0.2) is 348 Å². The Morgan fingerprint density at radius 3 is 0.817 bits per heavy atom. The number of rotatable bonds is 10. The van der Waals surface area contributed by atoms with Crippen molar-refractivity contribution in [2.45, 2.75) is 37.4 Å². The predicted octanol–water partition coefficient (Wildman–Crippen LogP) is 12.5. The van der Waals surface area contributed by atoms with Gasteiger partial charge in [0.05, 0.1) is 22.8 Å². The molecule has 0 unspecified atom stereocenters. The lowest BCUT2D eigenvalue weighted by Gasteiger charge is -2.43. The van der Waals surface area contributed by atoms with E-state index < -0.39 is 92.5 Å². The summed E-state index contributed by atoms with van der Waals surface area (Å²) in [6.07, 6.45) is 26.9. The number of carbonyl (C=O) groups is 4. The lowest BCUT2D eigenvalue weighted by molar-refractivity contribution is 0.0690. The molecular formula is C106H88F4N16O16. The van der Waals surface area contributed by atoms with E-state index in [0.29, 0.717) is 68.0 Å². The molecule has 0 fully saturated rings. The number of nitrogens with zero attached hydrogens (tertiary/aromatic N) is 16. The minimum Gasteiger partial charge on any atom is -0.502 e. The van der Waals surface area contributed by atoms with Crippen LogP contribution in [0, 0.1) is 23.3 Å². The first-order valence-electron chi connectivity index (χ1n) is 45.2. The first-order chi connectivity index (χ1) is 69.3. The van der Waals surface area contributed by atoms with Crippen LogP contribution < -0.4 is 70.2 Å². The summed E-state index contributed by atoms with van der Waals surface area (Å²) in [6.45, 7) is 2.67. The Balaban J connectivity index is 0.000000121. The number of aromatic hydroxyl groups is 2. The van der Waals surface area contributed by atoms with Gasteiger partial charge < -0.3 is 58.2 Å². The van der Waals surface area contributed by atoms with Crippen LogP contribution in [0.2, 0.25) is 0 Å². The maximum atomic E-state index is 14.3. The fourth-order valence-electron chi connectivity index (χ4n) is 17.8. The highest BCUT2D eigenvalue weighted by molar-refractivity contribution is 5.98. The van der Waals surface area contributed by atoms with E-state index in [9.17, 15) is 66.1 Å². The van der Waals surface area contributed by atoms with E-state index in [2.05, 4.69) is 19.9 Å². The Hall–Kier alpha value is -18.1. The van der Waals surface area contributed by atoms with E-state index in [1.54, 1.807) is 139 Å². The minimum atomic E-state index is -0.647. The van der Waals surface area contributed by atoms with Gasteiger partial charge in [0, 0.05) is 147 Å². The summed E-state index contributed by atoms with van der Waals surface area (Å²) in [5.41, 5.74) is 4.73. The predicted molar refractivity (Wildman–Crippen MR) is 513 cm³/mol. The number of aromatic nitrogens is 8. The molecule has 4 amide bonds. The van der Waals surface area contributed by atoms with Crippen molar-refractivity contribution in [3.63, 3.8) is 0 Å². The molecule has 22 rings (SSSR count). The fourth-order valence-corrected chi connectivity index (χ4v) is 17.8. The Bertz CT molecular complexity index is 7040. The number of hydrogen-bond donors (Lipinski definition) is 2. The van der Waals surface area contributed by atoms with Crippen LogP contribution in [0.1, 0.15) is 122 Å². The molecule has 36 heteroatoms. The lowest BCUT2D eigenvalue weighted by atomic mass is 10.0. The molecule has 0 spiro atoms. The second-order valence-electron chi connectivity index (χ2n) is 33.3. The molecule has 0 aliphatic carbocycles. The van der Waals surface area contributed by atoms with Gasteiger partial charge in [0.25, 0.3) is 23.6 Å². The van der Waals surface area contributed by atoms with Crippen LogP contribution in [0.25, 0.3) is 0 Å². The fraction of sp³-hybridized carbons (Fsp3) is 0.170. The molecule has 8 bridgehead atoms. The minimum absolute atomic E-state index is 0.0322. The molecule has 716 valence electrons. The second-order valence-corrected chi connectivity index (χ2v) is 33.3. The standard InChI is InChI=1S/2C30H25FN4O4.2C23H19FN4O4/c2*31-22-11-12-23-26(18-22)38-17-7-6-15-33-20-35(27(23)24-10-4-5-14-32-24)34-16-13-25(36)29(28(34)30(33)37)39-19-21-8-2-1-3-9-21;2*24-15-6-7-16-19(13-15)32-12-4-3-10-26-14-28(20(16)17-5-1-2-9-25-17)27-11-8-18(29)22(30)21(27)23(26)31/h2*1-14,16,18,27H,15,17,19-20H2;2*1-9,11,13,20,30H,10,12,14H2/b2*7-6-;2*4-3-/t2*27-;2*20-/m1010/s1. The maximum absolute atomic E-state index is 14.3. The summed E-state index contributed by atoms with van der Waals surface area (Å²) in [4.78, 5) is 129. The van der Waals surface area contributed by atoms with Crippen molar-refractivity contribution in [3.8, 4) is 46.0 Å². The summed E-state index contributed by atoms with van der Waals surface area (Å²) in [5.74, 6) is -3.27. The van der Waals surface area contributed by atoms with Gasteiger partial charge in [-0.2, -0.15) is 0 Å². The van der Waals surface area contributed by atoms with Crippen LogP contribution in [0.5, 0.6) is 46.0 Å². The topological polar surface area (TPSA) is 330 Å². The third kappa shape index (κ3) is 19.3. The lowest BCUT2D eigenvalue weighted by Crippen LogP contribution is -2.55. The number of carbonyl (C=O) groups excluding carboxylic acids is 4. The van der Waals surface area contributed by atoms with Crippen molar-refractivity contribution in [3.05, 3.63) is 472 Å². The first kappa shape index (κ1) is 92.9. The van der Waals surface area contributed by atoms with Crippen molar-refractivity contribution < 1.29 is 75.4 Å². The normalized spacial score (nSPS) is 18.0.